The van der Waals surface area contributed by atoms with Crippen LogP contribution in [0.2, 0.25) is 0 Å². The average molecular weight is 264 g/mol. The van der Waals surface area contributed by atoms with E-state index in [1.807, 2.05) is 26.1 Å². The Morgan fingerprint density at radius 2 is 1.95 bits per heavy atom. The van der Waals surface area contributed by atoms with Crippen LogP contribution in [-0.4, -0.2) is 26.1 Å². The third-order valence-corrected chi connectivity index (χ3v) is 3.01. The Morgan fingerprint density at radius 1 is 1.26 bits per heavy atom. The summed E-state index contributed by atoms with van der Waals surface area (Å²) < 4.78 is 5.54. The van der Waals surface area contributed by atoms with E-state index in [9.17, 15) is 4.79 Å². The first-order valence-corrected chi connectivity index (χ1v) is 6.88. The van der Waals surface area contributed by atoms with Crippen LogP contribution in [-0.2, 0) is 4.79 Å². The first-order chi connectivity index (χ1) is 9.21. The maximum atomic E-state index is 11.3. The quantitative estimate of drug-likeness (QED) is 0.757. The fourth-order valence-electron chi connectivity index (χ4n) is 1.95. The number of carbonyl (C=O) groups is 1. The second-order valence-corrected chi connectivity index (χ2v) is 4.37. The zero-order valence-corrected chi connectivity index (χ0v) is 12.0. The fraction of sp³-hybridized carbons (Fsp3) is 0.533. The van der Waals surface area contributed by atoms with Crippen LogP contribution in [0.5, 0.6) is 5.75 Å². The van der Waals surface area contributed by atoms with Crippen molar-refractivity contribution in [2.24, 2.45) is 0 Å². The third-order valence-electron chi connectivity index (χ3n) is 3.01. The minimum Gasteiger partial charge on any atom is -0.493 e. The molecule has 106 valence electrons. The van der Waals surface area contributed by atoms with E-state index in [4.69, 9.17) is 4.74 Å². The van der Waals surface area contributed by atoms with Crippen molar-refractivity contribution in [2.75, 3.05) is 20.2 Å². The monoisotopic (exact) mass is 264 g/mol. The highest BCUT2D eigenvalue weighted by atomic mass is 16.5. The fourth-order valence-corrected chi connectivity index (χ4v) is 1.95. The highest BCUT2D eigenvalue weighted by Crippen LogP contribution is 2.19. The smallest absolute Gasteiger partial charge is 0.223 e. The summed E-state index contributed by atoms with van der Waals surface area (Å²) in [7, 11) is 1.96. The van der Waals surface area contributed by atoms with Gasteiger partial charge in [-0.2, -0.15) is 0 Å². The van der Waals surface area contributed by atoms with Gasteiger partial charge in [-0.1, -0.05) is 19.1 Å². The minimum atomic E-state index is 0.0281. The highest BCUT2D eigenvalue weighted by Gasteiger charge is 2.06. The summed E-state index contributed by atoms with van der Waals surface area (Å²) in [5.74, 6) is 0.833. The molecule has 0 aromatic heterocycles. The van der Waals surface area contributed by atoms with Gasteiger partial charge in [0.05, 0.1) is 13.0 Å². The van der Waals surface area contributed by atoms with Gasteiger partial charge in [0, 0.05) is 12.6 Å². The van der Waals surface area contributed by atoms with Crippen molar-refractivity contribution in [3.05, 3.63) is 29.8 Å². The summed E-state index contributed by atoms with van der Waals surface area (Å²) in [5, 5.41) is 6.01. The normalized spacial score (nSPS) is 11.9. The number of hydrogen-bond donors (Lipinski definition) is 2. The number of carbonyl (C=O) groups excluding carboxylic acids is 1. The molecule has 0 spiro atoms. The van der Waals surface area contributed by atoms with Crippen molar-refractivity contribution >= 4 is 5.91 Å². The molecule has 0 radical (unpaired) electrons. The average Bonchev–Trinajstić information content (AvgIpc) is 2.42. The van der Waals surface area contributed by atoms with Crippen LogP contribution in [0.4, 0.5) is 0 Å². The van der Waals surface area contributed by atoms with Gasteiger partial charge in [0.2, 0.25) is 5.91 Å². The van der Waals surface area contributed by atoms with Gasteiger partial charge < -0.3 is 15.4 Å². The molecule has 4 heteroatoms. The largest absolute Gasteiger partial charge is 0.493 e. The minimum absolute atomic E-state index is 0.0281. The molecule has 1 atom stereocenters. The van der Waals surface area contributed by atoms with Crippen LogP contribution in [0.3, 0.4) is 0 Å². The van der Waals surface area contributed by atoms with Crippen molar-refractivity contribution in [3.63, 3.8) is 0 Å². The molecule has 2 N–H and O–H groups in total. The second kappa shape index (κ2) is 8.53. The molecule has 0 heterocycles. The number of ether oxygens (including phenoxy) is 1. The third kappa shape index (κ3) is 5.30. The molecule has 0 aliphatic rings. The molecule has 0 aliphatic carbocycles. The first kappa shape index (κ1) is 15.5. The predicted octanol–water partition coefficient (Wildman–Crippen LogP) is 2.26. The molecular formula is C15H24N2O2. The van der Waals surface area contributed by atoms with Crippen molar-refractivity contribution in [3.8, 4) is 5.75 Å². The van der Waals surface area contributed by atoms with E-state index >= 15 is 0 Å². The molecule has 0 aliphatic heterocycles. The van der Waals surface area contributed by atoms with Crippen molar-refractivity contribution in [1.82, 2.24) is 10.6 Å². The van der Waals surface area contributed by atoms with E-state index < -0.39 is 0 Å². The number of benzene rings is 1. The Labute approximate surface area is 115 Å². The van der Waals surface area contributed by atoms with Crippen LogP contribution >= 0.6 is 0 Å². The summed E-state index contributed by atoms with van der Waals surface area (Å²) in [5.41, 5.74) is 1.25. The Hall–Kier alpha value is -1.55. The Bertz CT molecular complexity index is 372. The van der Waals surface area contributed by atoms with Crippen molar-refractivity contribution in [1.29, 1.82) is 0 Å². The van der Waals surface area contributed by atoms with Gasteiger partial charge in [-0.15, -0.1) is 0 Å². The summed E-state index contributed by atoms with van der Waals surface area (Å²) in [6, 6.07) is 8.41. The lowest BCUT2D eigenvalue weighted by Gasteiger charge is -2.14. The summed E-state index contributed by atoms with van der Waals surface area (Å²) in [4.78, 5) is 11.3. The highest BCUT2D eigenvalue weighted by molar-refractivity contribution is 5.75. The van der Waals surface area contributed by atoms with Crippen molar-refractivity contribution < 1.29 is 9.53 Å². The van der Waals surface area contributed by atoms with Crippen LogP contribution < -0.4 is 15.4 Å². The van der Waals surface area contributed by atoms with Crippen LogP contribution in [0.25, 0.3) is 0 Å². The molecule has 0 saturated carbocycles. The molecule has 1 aromatic carbocycles. The van der Waals surface area contributed by atoms with Gasteiger partial charge in [0.15, 0.2) is 0 Å². The molecule has 0 saturated heterocycles. The van der Waals surface area contributed by atoms with E-state index in [-0.39, 0.29) is 5.91 Å². The van der Waals surface area contributed by atoms with E-state index in [1.165, 1.54) is 5.56 Å². The van der Waals surface area contributed by atoms with Crippen molar-refractivity contribution in [2.45, 2.75) is 32.7 Å². The number of rotatable bonds is 8. The number of nitrogens with one attached hydrogen (secondary N) is 2. The summed E-state index contributed by atoms with van der Waals surface area (Å²) in [6.07, 6.45) is 1.44. The molecule has 1 amide bonds. The first-order valence-electron chi connectivity index (χ1n) is 6.88. The maximum Gasteiger partial charge on any atom is 0.223 e. The number of hydrogen-bond acceptors (Lipinski definition) is 3. The predicted molar refractivity (Wildman–Crippen MR) is 77.3 cm³/mol. The lowest BCUT2D eigenvalue weighted by molar-refractivity contribution is -0.121. The molecule has 1 unspecified atom stereocenters. The van der Waals surface area contributed by atoms with Crippen LogP contribution in [0.1, 0.15) is 38.3 Å². The molecule has 1 aromatic rings. The molecule has 4 nitrogen and oxygen atoms in total. The van der Waals surface area contributed by atoms with Gasteiger partial charge in [-0.05, 0) is 38.1 Å². The lowest BCUT2D eigenvalue weighted by atomic mass is 10.1. The zero-order valence-electron chi connectivity index (χ0n) is 12.0. The summed E-state index contributed by atoms with van der Waals surface area (Å²) in [6.45, 7) is 5.13. The zero-order chi connectivity index (χ0) is 14.1. The van der Waals surface area contributed by atoms with Gasteiger partial charge in [0.1, 0.15) is 5.75 Å². The van der Waals surface area contributed by atoms with E-state index in [0.717, 1.165) is 12.2 Å². The Kier molecular flexibility index (Phi) is 6.97. The lowest BCUT2D eigenvalue weighted by Crippen LogP contribution is -2.24. The van der Waals surface area contributed by atoms with Gasteiger partial charge in [-0.25, -0.2) is 0 Å². The van der Waals surface area contributed by atoms with Crippen LogP contribution in [0.15, 0.2) is 24.3 Å². The topological polar surface area (TPSA) is 50.4 Å². The van der Waals surface area contributed by atoms with E-state index in [1.54, 1.807) is 0 Å². The molecular weight excluding hydrogens is 240 g/mol. The van der Waals surface area contributed by atoms with Crippen LogP contribution in [0, 0.1) is 0 Å². The second-order valence-electron chi connectivity index (χ2n) is 4.37. The number of amides is 1. The van der Waals surface area contributed by atoms with E-state index in [2.05, 4.69) is 29.7 Å². The van der Waals surface area contributed by atoms with Gasteiger partial charge in [-0.3, -0.25) is 4.79 Å². The molecule has 0 fully saturated rings. The van der Waals surface area contributed by atoms with Gasteiger partial charge in [0.25, 0.3) is 0 Å². The summed E-state index contributed by atoms with van der Waals surface area (Å²) >= 11 is 0. The molecule has 1 rings (SSSR count). The Balaban J connectivity index is 2.42. The maximum absolute atomic E-state index is 11.3. The standard InChI is InChI=1S/C15H24N2O2/c1-4-14(16-3)12-6-8-13(9-7-12)19-11-10-15(18)17-5-2/h6-9,14,16H,4-5,10-11H2,1-3H3,(H,17,18). The molecule has 0 bridgehead atoms. The van der Waals surface area contributed by atoms with E-state index in [0.29, 0.717) is 25.6 Å². The molecule has 19 heavy (non-hydrogen) atoms. The van der Waals surface area contributed by atoms with Gasteiger partial charge >= 0.3 is 0 Å². The SMILES string of the molecule is CCNC(=O)CCOc1ccc(C(CC)NC)cc1. The Morgan fingerprint density at radius 3 is 2.47 bits per heavy atom.